The van der Waals surface area contributed by atoms with Crippen LogP contribution in [0, 0.1) is 0 Å². The van der Waals surface area contributed by atoms with Gasteiger partial charge in [-0.1, -0.05) is 30.3 Å². The monoisotopic (exact) mass is 330 g/mol. The van der Waals surface area contributed by atoms with Gasteiger partial charge in [0.1, 0.15) is 0 Å². The van der Waals surface area contributed by atoms with Crippen molar-refractivity contribution >= 4 is 5.91 Å². The average Bonchev–Trinajstić information content (AvgIpc) is 3.26. The van der Waals surface area contributed by atoms with Crippen molar-refractivity contribution < 1.29 is 14.3 Å². The van der Waals surface area contributed by atoms with Gasteiger partial charge in [-0.05, 0) is 24.9 Å². The zero-order valence-corrected chi connectivity index (χ0v) is 14.2. The summed E-state index contributed by atoms with van der Waals surface area (Å²) >= 11 is 0. The molecule has 1 spiro atoms. The van der Waals surface area contributed by atoms with Crippen molar-refractivity contribution in [3.8, 4) is 0 Å². The Balaban J connectivity index is 1.37. The molecular formula is C19H26N2O3. The Bertz CT molecular complexity index is 561. The molecule has 0 aromatic heterocycles. The van der Waals surface area contributed by atoms with E-state index in [0.717, 1.165) is 51.9 Å². The van der Waals surface area contributed by atoms with Gasteiger partial charge < -0.3 is 14.4 Å². The lowest BCUT2D eigenvalue weighted by Crippen LogP contribution is -2.52. The van der Waals surface area contributed by atoms with Gasteiger partial charge >= 0.3 is 0 Å². The smallest absolute Gasteiger partial charge is 0.239 e. The second-order valence-corrected chi connectivity index (χ2v) is 7.05. The maximum atomic E-state index is 13.0. The van der Waals surface area contributed by atoms with Crippen molar-refractivity contribution in [2.24, 2.45) is 0 Å². The molecule has 130 valence electrons. The zero-order valence-electron chi connectivity index (χ0n) is 14.2. The van der Waals surface area contributed by atoms with Crippen molar-refractivity contribution in [3.63, 3.8) is 0 Å². The van der Waals surface area contributed by atoms with E-state index < -0.39 is 5.79 Å². The lowest BCUT2D eigenvalue weighted by atomic mass is 10.0. The molecule has 0 bridgehead atoms. The summed E-state index contributed by atoms with van der Waals surface area (Å²) in [7, 11) is 0. The van der Waals surface area contributed by atoms with Crippen molar-refractivity contribution in [3.05, 3.63) is 35.9 Å². The number of benzene rings is 1. The maximum absolute atomic E-state index is 13.0. The number of carbonyl (C=O) groups excluding carboxylic acids is 1. The Morgan fingerprint density at radius 3 is 2.50 bits per heavy atom. The van der Waals surface area contributed by atoms with E-state index in [4.69, 9.17) is 9.47 Å². The zero-order chi connectivity index (χ0) is 16.4. The highest BCUT2D eigenvalue weighted by Crippen LogP contribution is 2.32. The number of amides is 1. The fourth-order valence-corrected chi connectivity index (χ4v) is 4.18. The molecule has 4 rings (SSSR count). The second-order valence-electron chi connectivity index (χ2n) is 7.05. The van der Waals surface area contributed by atoms with Gasteiger partial charge in [0.25, 0.3) is 0 Å². The van der Waals surface area contributed by atoms with E-state index in [9.17, 15) is 4.79 Å². The highest BCUT2D eigenvalue weighted by Gasteiger charge is 2.42. The summed E-state index contributed by atoms with van der Waals surface area (Å²) in [6, 6.07) is 10.5. The number of rotatable bonds is 3. The van der Waals surface area contributed by atoms with Crippen LogP contribution in [0.3, 0.4) is 0 Å². The molecule has 3 aliphatic heterocycles. The van der Waals surface area contributed by atoms with Crippen LogP contribution in [0.25, 0.3) is 0 Å². The molecule has 3 saturated heterocycles. The maximum Gasteiger partial charge on any atom is 0.239 e. The SMILES string of the molecule is O=C([C@H]1CCCN1Cc1ccccc1)N1CCC2(CC1)OCCO2. The number of piperidine rings is 1. The Kier molecular flexibility index (Phi) is 4.57. The third kappa shape index (κ3) is 3.21. The van der Waals surface area contributed by atoms with Crippen LogP contribution in [0.4, 0.5) is 0 Å². The van der Waals surface area contributed by atoms with E-state index in [2.05, 4.69) is 29.2 Å². The average molecular weight is 330 g/mol. The van der Waals surface area contributed by atoms with E-state index in [0.29, 0.717) is 13.2 Å². The Labute approximate surface area is 143 Å². The predicted octanol–water partition coefficient (Wildman–Crippen LogP) is 2.02. The van der Waals surface area contributed by atoms with Crippen LogP contribution in [0.1, 0.15) is 31.2 Å². The molecule has 24 heavy (non-hydrogen) atoms. The van der Waals surface area contributed by atoms with Crippen LogP contribution in [-0.4, -0.2) is 60.4 Å². The minimum Gasteiger partial charge on any atom is -0.347 e. The van der Waals surface area contributed by atoms with Gasteiger partial charge in [0, 0.05) is 32.5 Å². The van der Waals surface area contributed by atoms with E-state index in [1.54, 1.807) is 0 Å². The molecule has 0 N–H and O–H groups in total. The van der Waals surface area contributed by atoms with Crippen LogP contribution >= 0.6 is 0 Å². The van der Waals surface area contributed by atoms with Gasteiger partial charge in [0.05, 0.1) is 19.3 Å². The van der Waals surface area contributed by atoms with Crippen LogP contribution in [0.2, 0.25) is 0 Å². The fraction of sp³-hybridized carbons (Fsp3) is 0.632. The second kappa shape index (κ2) is 6.82. The Morgan fingerprint density at radius 2 is 1.79 bits per heavy atom. The first-order valence-electron chi connectivity index (χ1n) is 9.10. The normalized spacial score (nSPS) is 27.0. The van der Waals surface area contributed by atoms with Crippen molar-refractivity contribution in [1.82, 2.24) is 9.80 Å². The lowest BCUT2D eigenvalue weighted by molar-refractivity contribution is -0.188. The van der Waals surface area contributed by atoms with Gasteiger partial charge in [-0.25, -0.2) is 0 Å². The van der Waals surface area contributed by atoms with E-state index >= 15 is 0 Å². The lowest BCUT2D eigenvalue weighted by Gasteiger charge is -2.39. The first-order chi connectivity index (χ1) is 11.8. The third-order valence-electron chi connectivity index (χ3n) is 5.53. The molecule has 1 aromatic carbocycles. The third-order valence-corrected chi connectivity index (χ3v) is 5.53. The number of ether oxygens (including phenoxy) is 2. The molecule has 0 unspecified atom stereocenters. The summed E-state index contributed by atoms with van der Waals surface area (Å²) < 4.78 is 11.5. The van der Waals surface area contributed by atoms with Gasteiger partial charge in [-0.15, -0.1) is 0 Å². The molecule has 0 radical (unpaired) electrons. The predicted molar refractivity (Wildman–Crippen MR) is 90.3 cm³/mol. The number of carbonyl (C=O) groups is 1. The van der Waals surface area contributed by atoms with Gasteiger partial charge in [-0.2, -0.15) is 0 Å². The molecule has 0 saturated carbocycles. The molecule has 3 fully saturated rings. The van der Waals surface area contributed by atoms with Crippen LogP contribution < -0.4 is 0 Å². The number of likely N-dealkylation sites (tertiary alicyclic amines) is 2. The highest BCUT2D eigenvalue weighted by atomic mass is 16.7. The van der Waals surface area contributed by atoms with Gasteiger partial charge in [-0.3, -0.25) is 9.69 Å². The van der Waals surface area contributed by atoms with Crippen molar-refractivity contribution in [2.75, 3.05) is 32.8 Å². The van der Waals surface area contributed by atoms with Crippen LogP contribution in [-0.2, 0) is 20.8 Å². The van der Waals surface area contributed by atoms with Gasteiger partial charge in [0.15, 0.2) is 5.79 Å². The molecule has 1 amide bonds. The number of hydrogen-bond donors (Lipinski definition) is 0. The number of hydrogen-bond acceptors (Lipinski definition) is 4. The molecule has 0 aliphatic carbocycles. The standard InChI is InChI=1S/C19H26N2O3/c22-18(20-11-8-19(9-12-20)23-13-14-24-19)17-7-4-10-21(17)15-16-5-2-1-3-6-16/h1-3,5-6,17H,4,7-15H2/t17-/m1/s1. The fourth-order valence-electron chi connectivity index (χ4n) is 4.18. The summed E-state index contributed by atoms with van der Waals surface area (Å²) in [6.45, 7) is 4.72. The summed E-state index contributed by atoms with van der Waals surface area (Å²) in [5.41, 5.74) is 1.28. The quantitative estimate of drug-likeness (QED) is 0.850. The molecule has 1 aromatic rings. The summed E-state index contributed by atoms with van der Waals surface area (Å²) in [6.07, 6.45) is 3.67. The minimum absolute atomic E-state index is 0.0321. The summed E-state index contributed by atoms with van der Waals surface area (Å²) in [5.74, 6) is -0.118. The summed E-state index contributed by atoms with van der Waals surface area (Å²) in [5, 5.41) is 0. The van der Waals surface area contributed by atoms with Crippen molar-refractivity contribution in [2.45, 2.75) is 44.1 Å². The largest absolute Gasteiger partial charge is 0.347 e. The first-order valence-corrected chi connectivity index (χ1v) is 9.10. The van der Waals surface area contributed by atoms with Crippen LogP contribution in [0.5, 0.6) is 0 Å². The molecular weight excluding hydrogens is 304 g/mol. The first kappa shape index (κ1) is 16.1. The molecule has 5 heteroatoms. The Hall–Kier alpha value is -1.43. The molecule has 3 aliphatic rings. The highest BCUT2D eigenvalue weighted by molar-refractivity contribution is 5.82. The van der Waals surface area contributed by atoms with E-state index in [1.807, 2.05) is 11.0 Å². The molecule has 1 atom stereocenters. The Morgan fingerprint density at radius 1 is 1.08 bits per heavy atom. The van der Waals surface area contributed by atoms with Crippen molar-refractivity contribution in [1.29, 1.82) is 0 Å². The number of nitrogens with zero attached hydrogens (tertiary/aromatic N) is 2. The molecule has 5 nitrogen and oxygen atoms in total. The molecule has 3 heterocycles. The topological polar surface area (TPSA) is 42.0 Å². The minimum atomic E-state index is -0.407. The summed E-state index contributed by atoms with van der Waals surface area (Å²) in [4.78, 5) is 17.4. The van der Waals surface area contributed by atoms with Gasteiger partial charge in [0.2, 0.25) is 5.91 Å². The van der Waals surface area contributed by atoms with E-state index in [-0.39, 0.29) is 11.9 Å². The van der Waals surface area contributed by atoms with Crippen LogP contribution in [0.15, 0.2) is 30.3 Å². The van der Waals surface area contributed by atoms with E-state index in [1.165, 1.54) is 5.56 Å².